The van der Waals surface area contributed by atoms with Crippen LogP contribution < -0.4 is 0 Å². The van der Waals surface area contributed by atoms with Crippen LogP contribution in [-0.2, 0) is 9.53 Å². The third-order valence-electron chi connectivity index (χ3n) is 3.88. The van der Waals surface area contributed by atoms with Crippen molar-refractivity contribution in [3.63, 3.8) is 0 Å². The van der Waals surface area contributed by atoms with Crippen LogP contribution in [0.25, 0.3) is 0 Å². The molecule has 1 heterocycles. The van der Waals surface area contributed by atoms with E-state index >= 15 is 0 Å². The molecule has 2 nitrogen and oxygen atoms in total. The Morgan fingerprint density at radius 1 is 1.54 bits per heavy atom. The zero-order valence-electron chi connectivity index (χ0n) is 9.14. The van der Waals surface area contributed by atoms with Gasteiger partial charge in [-0.2, -0.15) is 0 Å². The molecule has 1 atom stereocenters. The lowest BCUT2D eigenvalue weighted by atomic mass is 9.62. The molecule has 0 aromatic heterocycles. The second-order valence-electron chi connectivity index (χ2n) is 4.81. The van der Waals surface area contributed by atoms with E-state index in [9.17, 15) is 4.79 Å². The van der Waals surface area contributed by atoms with Crippen molar-refractivity contribution in [2.24, 2.45) is 10.8 Å². The van der Waals surface area contributed by atoms with Crippen LogP contribution in [0.5, 0.6) is 0 Å². The number of hydrogen-bond acceptors (Lipinski definition) is 2. The molecule has 13 heavy (non-hydrogen) atoms. The van der Waals surface area contributed by atoms with E-state index in [-0.39, 0.29) is 16.8 Å². The van der Waals surface area contributed by atoms with E-state index in [1.54, 1.807) is 0 Å². The van der Waals surface area contributed by atoms with Gasteiger partial charge in [-0.1, -0.05) is 20.8 Å². The minimum Gasteiger partial charge on any atom is -0.465 e. The monoisotopic (exact) mass is 184 g/mol. The Morgan fingerprint density at radius 2 is 2.15 bits per heavy atom. The van der Waals surface area contributed by atoms with Crippen LogP contribution in [0.15, 0.2) is 0 Å². The molecule has 0 bridgehead atoms. The standard InChI is InChI=1S/C11H20O2/c1-5-10(2,3)11(4)7-6-8-13-9(11)12/h5-8H2,1-4H3. The van der Waals surface area contributed by atoms with E-state index in [1.165, 1.54) is 0 Å². The zero-order chi connectivity index (χ0) is 10.1. The lowest BCUT2D eigenvalue weighted by Crippen LogP contribution is -2.45. The van der Waals surface area contributed by atoms with Gasteiger partial charge in [0, 0.05) is 0 Å². The second-order valence-corrected chi connectivity index (χ2v) is 4.81. The average molecular weight is 184 g/mol. The first kappa shape index (κ1) is 10.6. The molecule has 0 N–H and O–H groups in total. The van der Waals surface area contributed by atoms with Crippen molar-refractivity contribution in [2.75, 3.05) is 6.61 Å². The lowest BCUT2D eigenvalue weighted by molar-refractivity contribution is -0.170. The number of carbonyl (C=O) groups is 1. The lowest BCUT2D eigenvalue weighted by Gasteiger charge is -2.44. The van der Waals surface area contributed by atoms with Crippen LogP contribution in [0.4, 0.5) is 0 Å². The van der Waals surface area contributed by atoms with Crippen molar-refractivity contribution >= 4 is 5.97 Å². The topological polar surface area (TPSA) is 26.3 Å². The van der Waals surface area contributed by atoms with Crippen LogP contribution in [0.1, 0.15) is 47.0 Å². The first-order valence-electron chi connectivity index (χ1n) is 5.11. The van der Waals surface area contributed by atoms with Crippen molar-refractivity contribution in [2.45, 2.75) is 47.0 Å². The fourth-order valence-electron chi connectivity index (χ4n) is 1.86. The van der Waals surface area contributed by atoms with E-state index < -0.39 is 0 Å². The Morgan fingerprint density at radius 3 is 2.62 bits per heavy atom. The van der Waals surface area contributed by atoms with Crippen LogP contribution in [0.3, 0.4) is 0 Å². The van der Waals surface area contributed by atoms with Gasteiger partial charge in [0.1, 0.15) is 0 Å². The molecule has 1 rings (SSSR count). The third kappa shape index (κ3) is 1.59. The van der Waals surface area contributed by atoms with Gasteiger partial charge in [0.15, 0.2) is 0 Å². The van der Waals surface area contributed by atoms with Crippen LogP contribution in [0, 0.1) is 10.8 Å². The summed E-state index contributed by atoms with van der Waals surface area (Å²) < 4.78 is 5.14. The molecule has 1 saturated heterocycles. The Bertz CT molecular complexity index is 208. The minimum atomic E-state index is -0.278. The SMILES string of the molecule is CCC(C)(C)C1(C)CCCOC1=O. The molecule has 0 saturated carbocycles. The Kier molecular flexibility index (Phi) is 2.69. The number of carbonyl (C=O) groups excluding carboxylic acids is 1. The highest BCUT2D eigenvalue weighted by Gasteiger charge is 2.48. The minimum absolute atomic E-state index is 0.00870. The molecule has 0 spiro atoms. The number of rotatable bonds is 2. The summed E-state index contributed by atoms with van der Waals surface area (Å²) in [7, 11) is 0. The van der Waals surface area contributed by atoms with Gasteiger partial charge in [-0.05, 0) is 31.6 Å². The maximum atomic E-state index is 11.7. The van der Waals surface area contributed by atoms with Crippen molar-refractivity contribution < 1.29 is 9.53 Å². The molecule has 76 valence electrons. The third-order valence-corrected chi connectivity index (χ3v) is 3.88. The van der Waals surface area contributed by atoms with Gasteiger partial charge in [0.2, 0.25) is 0 Å². The summed E-state index contributed by atoms with van der Waals surface area (Å²) in [5, 5.41) is 0. The summed E-state index contributed by atoms with van der Waals surface area (Å²) in [6.07, 6.45) is 2.98. The van der Waals surface area contributed by atoms with Crippen LogP contribution >= 0.6 is 0 Å². The normalized spacial score (nSPS) is 30.0. The van der Waals surface area contributed by atoms with Crippen molar-refractivity contribution in [1.82, 2.24) is 0 Å². The fourth-order valence-corrected chi connectivity index (χ4v) is 1.86. The highest BCUT2D eigenvalue weighted by molar-refractivity contribution is 5.78. The Labute approximate surface area is 80.7 Å². The van der Waals surface area contributed by atoms with Gasteiger partial charge < -0.3 is 4.74 Å². The van der Waals surface area contributed by atoms with Crippen molar-refractivity contribution in [3.8, 4) is 0 Å². The molecule has 1 fully saturated rings. The van der Waals surface area contributed by atoms with Gasteiger partial charge in [0.25, 0.3) is 0 Å². The molecular formula is C11H20O2. The van der Waals surface area contributed by atoms with Crippen molar-refractivity contribution in [3.05, 3.63) is 0 Å². The molecule has 0 radical (unpaired) electrons. The average Bonchev–Trinajstić information content (AvgIpc) is 2.10. The zero-order valence-corrected chi connectivity index (χ0v) is 9.14. The van der Waals surface area contributed by atoms with Gasteiger partial charge in [-0.3, -0.25) is 4.79 Å². The van der Waals surface area contributed by atoms with E-state index in [1.807, 2.05) is 6.92 Å². The van der Waals surface area contributed by atoms with Crippen LogP contribution in [0.2, 0.25) is 0 Å². The Balaban J connectivity index is 2.89. The highest BCUT2D eigenvalue weighted by atomic mass is 16.5. The molecule has 0 aromatic rings. The summed E-state index contributed by atoms with van der Waals surface area (Å²) in [6.45, 7) is 9.08. The maximum Gasteiger partial charge on any atom is 0.312 e. The van der Waals surface area contributed by atoms with Gasteiger partial charge in [0.05, 0.1) is 12.0 Å². The quantitative estimate of drug-likeness (QED) is 0.617. The molecule has 1 unspecified atom stereocenters. The summed E-state index contributed by atoms with van der Waals surface area (Å²) in [5.41, 5.74) is -0.232. The number of ether oxygens (including phenoxy) is 1. The summed E-state index contributed by atoms with van der Waals surface area (Å²) in [6, 6.07) is 0. The fraction of sp³-hybridized carbons (Fsp3) is 0.909. The first-order chi connectivity index (χ1) is 5.94. The van der Waals surface area contributed by atoms with E-state index in [2.05, 4.69) is 20.8 Å². The van der Waals surface area contributed by atoms with Crippen molar-refractivity contribution in [1.29, 1.82) is 0 Å². The predicted molar refractivity (Wildman–Crippen MR) is 52.4 cm³/mol. The molecule has 1 aliphatic rings. The largest absolute Gasteiger partial charge is 0.465 e. The van der Waals surface area contributed by atoms with E-state index in [4.69, 9.17) is 4.74 Å². The van der Waals surface area contributed by atoms with Gasteiger partial charge >= 0.3 is 5.97 Å². The summed E-state index contributed by atoms with van der Waals surface area (Å²) in [5.74, 6) is -0.00870. The van der Waals surface area contributed by atoms with E-state index in [0.29, 0.717) is 6.61 Å². The van der Waals surface area contributed by atoms with Crippen LogP contribution in [-0.4, -0.2) is 12.6 Å². The highest BCUT2D eigenvalue weighted by Crippen LogP contribution is 2.47. The molecule has 0 aliphatic carbocycles. The number of esters is 1. The van der Waals surface area contributed by atoms with Gasteiger partial charge in [-0.15, -0.1) is 0 Å². The van der Waals surface area contributed by atoms with E-state index in [0.717, 1.165) is 19.3 Å². The molecule has 2 heteroatoms. The molecule has 1 aliphatic heterocycles. The summed E-state index contributed by atoms with van der Waals surface area (Å²) in [4.78, 5) is 11.7. The predicted octanol–water partition coefficient (Wildman–Crippen LogP) is 2.77. The summed E-state index contributed by atoms with van der Waals surface area (Å²) >= 11 is 0. The molecule has 0 aromatic carbocycles. The Hall–Kier alpha value is -0.530. The number of cyclic esters (lactones) is 1. The number of hydrogen-bond donors (Lipinski definition) is 0. The molecular weight excluding hydrogens is 164 g/mol. The van der Waals surface area contributed by atoms with Gasteiger partial charge in [-0.25, -0.2) is 0 Å². The first-order valence-corrected chi connectivity index (χ1v) is 5.11. The second kappa shape index (κ2) is 3.32. The smallest absolute Gasteiger partial charge is 0.312 e. The maximum absolute atomic E-state index is 11.7. The molecule has 0 amide bonds.